The van der Waals surface area contributed by atoms with Gasteiger partial charge in [-0.3, -0.25) is 4.79 Å². The molecular weight excluding hydrogens is 259 g/mol. The van der Waals surface area contributed by atoms with Crippen LogP contribution in [0, 0.1) is 5.82 Å². The minimum absolute atomic E-state index is 0.204. The maximum atomic E-state index is 13.1. The van der Waals surface area contributed by atoms with Crippen LogP contribution in [0.5, 0.6) is 0 Å². The summed E-state index contributed by atoms with van der Waals surface area (Å²) in [6.45, 7) is 1.44. The highest BCUT2D eigenvalue weighted by atomic mass is 19.1. The van der Waals surface area contributed by atoms with Crippen LogP contribution in [0.25, 0.3) is 0 Å². The summed E-state index contributed by atoms with van der Waals surface area (Å²) >= 11 is 0. The summed E-state index contributed by atoms with van der Waals surface area (Å²) in [6, 6.07) is 6.19. The summed E-state index contributed by atoms with van der Waals surface area (Å²) < 4.78 is 14.9. The first-order valence-corrected chi connectivity index (χ1v) is 6.32. The van der Waals surface area contributed by atoms with E-state index in [1.165, 1.54) is 17.0 Å². The number of nitrogens with zero attached hydrogens (tertiary/aromatic N) is 3. The van der Waals surface area contributed by atoms with Crippen LogP contribution in [0.2, 0.25) is 0 Å². The van der Waals surface area contributed by atoms with Crippen molar-refractivity contribution in [1.82, 2.24) is 14.5 Å². The Morgan fingerprint density at radius 1 is 1.50 bits per heavy atom. The topological polar surface area (TPSA) is 64.2 Å². The molecule has 1 aromatic heterocycles. The third-order valence-corrected chi connectivity index (χ3v) is 2.90. The molecule has 0 aliphatic carbocycles. The fourth-order valence-corrected chi connectivity index (χ4v) is 1.92. The van der Waals surface area contributed by atoms with Gasteiger partial charge in [0.05, 0.1) is 6.33 Å². The van der Waals surface area contributed by atoms with Gasteiger partial charge in [-0.1, -0.05) is 12.1 Å². The molecule has 1 amide bonds. The molecule has 0 spiro atoms. The monoisotopic (exact) mass is 276 g/mol. The number of carbonyl (C=O) groups excluding carboxylic acids is 1. The number of benzene rings is 1. The van der Waals surface area contributed by atoms with Gasteiger partial charge < -0.3 is 15.2 Å². The Balaban J connectivity index is 2.04. The van der Waals surface area contributed by atoms with Crippen molar-refractivity contribution in [2.24, 2.45) is 5.73 Å². The van der Waals surface area contributed by atoms with Crippen LogP contribution in [-0.4, -0.2) is 34.0 Å². The van der Waals surface area contributed by atoms with E-state index in [0.29, 0.717) is 25.3 Å². The molecule has 20 heavy (non-hydrogen) atoms. The van der Waals surface area contributed by atoms with Gasteiger partial charge in [0.15, 0.2) is 0 Å². The van der Waals surface area contributed by atoms with Gasteiger partial charge >= 0.3 is 0 Å². The summed E-state index contributed by atoms with van der Waals surface area (Å²) in [7, 11) is 1.66. The average molecular weight is 276 g/mol. The molecule has 0 unspecified atom stereocenters. The molecule has 1 heterocycles. The van der Waals surface area contributed by atoms with Crippen LogP contribution in [0.1, 0.15) is 16.1 Å². The Bertz CT molecular complexity index is 596. The van der Waals surface area contributed by atoms with E-state index in [9.17, 15) is 9.18 Å². The first-order valence-electron chi connectivity index (χ1n) is 6.32. The van der Waals surface area contributed by atoms with Gasteiger partial charge in [-0.25, -0.2) is 9.37 Å². The van der Waals surface area contributed by atoms with E-state index in [0.717, 1.165) is 5.56 Å². The Labute approximate surface area is 116 Å². The number of hydrogen-bond acceptors (Lipinski definition) is 3. The lowest BCUT2D eigenvalue weighted by atomic mass is 10.2. The minimum Gasteiger partial charge on any atom is -0.336 e. The molecule has 0 radical (unpaired) electrons. The molecule has 0 saturated carbocycles. The van der Waals surface area contributed by atoms with Gasteiger partial charge in [-0.15, -0.1) is 0 Å². The van der Waals surface area contributed by atoms with E-state index >= 15 is 0 Å². The molecule has 0 atom stereocenters. The Kier molecular flexibility index (Phi) is 4.47. The Hall–Kier alpha value is -2.21. The van der Waals surface area contributed by atoms with Crippen molar-refractivity contribution in [1.29, 1.82) is 0 Å². The summed E-state index contributed by atoms with van der Waals surface area (Å²) in [4.78, 5) is 17.7. The van der Waals surface area contributed by atoms with Crippen molar-refractivity contribution >= 4 is 5.91 Å². The van der Waals surface area contributed by atoms with Crippen molar-refractivity contribution in [2.45, 2.75) is 13.1 Å². The highest BCUT2D eigenvalue weighted by Crippen LogP contribution is 2.09. The van der Waals surface area contributed by atoms with Gasteiger partial charge in [0.25, 0.3) is 5.91 Å². The number of carbonyl (C=O) groups is 1. The predicted molar refractivity (Wildman–Crippen MR) is 73.5 cm³/mol. The quantitative estimate of drug-likeness (QED) is 0.894. The van der Waals surface area contributed by atoms with E-state index in [1.54, 1.807) is 36.3 Å². The molecule has 0 aliphatic rings. The molecule has 6 heteroatoms. The van der Waals surface area contributed by atoms with Gasteiger partial charge in [-0.2, -0.15) is 0 Å². The second-order valence-electron chi connectivity index (χ2n) is 4.58. The van der Waals surface area contributed by atoms with Crippen LogP contribution >= 0.6 is 0 Å². The maximum absolute atomic E-state index is 13.1. The molecule has 2 rings (SSSR count). The zero-order valence-electron chi connectivity index (χ0n) is 11.3. The number of halogens is 1. The van der Waals surface area contributed by atoms with Crippen molar-refractivity contribution < 1.29 is 9.18 Å². The Morgan fingerprint density at radius 3 is 3.00 bits per heavy atom. The third-order valence-electron chi connectivity index (χ3n) is 2.90. The molecular formula is C14H17FN4O. The van der Waals surface area contributed by atoms with Crippen LogP contribution in [0.15, 0.2) is 36.8 Å². The molecule has 106 valence electrons. The highest BCUT2D eigenvalue weighted by molar-refractivity contribution is 5.91. The van der Waals surface area contributed by atoms with E-state index < -0.39 is 0 Å². The lowest BCUT2D eigenvalue weighted by Gasteiger charge is -2.15. The normalized spacial score (nSPS) is 10.6. The zero-order chi connectivity index (χ0) is 14.5. The van der Waals surface area contributed by atoms with Gasteiger partial charge in [0, 0.05) is 32.9 Å². The molecule has 5 nitrogen and oxygen atoms in total. The number of nitrogens with two attached hydrogens (primary N) is 1. The lowest BCUT2D eigenvalue weighted by molar-refractivity contribution is 0.0779. The number of amides is 1. The number of hydrogen-bond donors (Lipinski definition) is 1. The van der Waals surface area contributed by atoms with Crippen LogP contribution in [0.3, 0.4) is 0 Å². The zero-order valence-corrected chi connectivity index (χ0v) is 11.3. The molecule has 2 N–H and O–H groups in total. The van der Waals surface area contributed by atoms with E-state index in [-0.39, 0.29) is 11.7 Å². The lowest BCUT2D eigenvalue weighted by Crippen LogP contribution is -2.26. The molecule has 0 bridgehead atoms. The summed E-state index contributed by atoms with van der Waals surface area (Å²) in [5.41, 5.74) is 6.54. The number of rotatable bonds is 5. The summed E-state index contributed by atoms with van der Waals surface area (Å²) in [5, 5.41) is 0. The van der Waals surface area contributed by atoms with Crippen molar-refractivity contribution in [3.8, 4) is 0 Å². The van der Waals surface area contributed by atoms with Gasteiger partial charge in [-0.05, 0) is 17.7 Å². The summed E-state index contributed by atoms with van der Waals surface area (Å²) in [5.74, 6) is -0.513. The molecule has 1 aromatic carbocycles. The van der Waals surface area contributed by atoms with Gasteiger partial charge in [0.1, 0.15) is 11.5 Å². The highest BCUT2D eigenvalue weighted by Gasteiger charge is 2.15. The van der Waals surface area contributed by atoms with Crippen molar-refractivity contribution in [2.75, 3.05) is 13.6 Å². The smallest absolute Gasteiger partial charge is 0.274 e. The third kappa shape index (κ3) is 3.42. The van der Waals surface area contributed by atoms with Crippen LogP contribution in [-0.2, 0) is 13.1 Å². The predicted octanol–water partition coefficient (Wildman–Crippen LogP) is 1.25. The average Bonchev–Trinajstić information content (AvgIpc) is 2.87. The second kappa shape index (κ2) is 6.29. The van der Waals surface area contributed by atoms with Crippen molar-refractivity contribution in [3.63, 3.8) is 0 Å². The minimum atomic E-state index is -0.310. The maximum Gasteiger partial charge on any atom is 0.274 e. The number of imidazole rings is 1. The number of aromatic nitrogens is 2. The standard InChI is InChI=1S/C14H17FN4O/c1-18(8-11-3-2-4-12(15)7-11)14(20)13-9-19(6-5-16)10-17-13/h2-4,7,9-10H,5-6,8,16H2,1H3. The van der Waals surface area contributed by atoms with Gasteiger partial charge in [0.2, 0.25) is 0 Å². The SMILES string of the molecule is CN(Cc1cccc(F)c1)C(=O)c1cn(CCN)cn1. The molecule has 0 aliphatic heterocycles. The van der Waals surface area contributed by atoms with E-state index in [4.69, 9.17) is 5.73 Å². The molecule has 0 fully saturated rings. The van der Waals surface area contributed by atoms with E-state index in [1.807, 2.05) is 0 Å². The second-order valence-corrected chi connectivity index (χ2v) is 4.58. The molecule has 0 saturated heterocycles. The first-order chi connectivity index (χ1) is 9.60. The summed E-state index contributed by atoms with van der Waals surface area (Å²) in [6.07, 6.45) is 3.24. The molecule has 2 aromatic rings. The van der Waals surface area contributed by atoms with Crippen molar-refractivity contribution in [3.05, 3.63) is 53.9 Å². The fraction of sp³-hybridized carbons (Fsp3) is 0.286. The van der Waals surface area contributed by atoms with Crippen LogP contribution in [0.4, 0.5) is 4.39 Å². The largest absolute Gasteiger partial charge is 0.336 e. The first kappa shape index (κ1) is 14.2. The van der Waals surface area contributed by atoms with E-state index in [2.05, 4.69) is 4.98 Å². The van der Waals surface area contributed by atoms with Crippen LogP contribution < -0.4 is 5.73 Å². The fourth-order valence-electron chi connectivity index (χ4n) is 1.92. The Morgan fingerprint density at radius 2 is 2.30 bits per heavy atom.